The SMILES string of the molecule is CCC(CC)(CN)OCC1Cc2cc(F)ccc2O1. The van der Waals surface area contributed by atoms with Crippen LogP contribution in [-0.2, 0) is 11.2 Å². The highest BCUT2D eigenvalue weighted by molar-refractivity contribution is 5.37. The van der Waals surface area contributed by atoms with Crippen LogP contribution in [0, 0.1) is 5.82 Å². The summed E-state index contributed by atoms with van der Waals surface area (Å²) >= 11 is 0. The van der Waals surface area contributed by atoms with Gasteiger partial charge in [-0.3, -0.25) is 0 Å². The Morgan fingerprint density at radius 3 is 2.79 bits per heavy atom. The molecule has 2 N–H and O–H groups in total. The van der Waals surface area contributed by atoms with E-state index in [2.05, 4.69) is 13.8 Å². The lowest BCUT2D eigenvalue weighted by Crippen LogP contribution is -2.42. The summed E-state index contributed by atoms with van der Waals surface area (Å²) in [4.78, 5) is 0. The van der Waals surface area contributed by atoms with E-state index in [1.807, 2.05) is 0 Å². The van der Waals surface area contributed by atoms with Crippen LogP contribution in [0.5, 0.6) is 5.75 Å². The highest BCUT2D eigenvalue weighted by Crippen LogP contribution is 2.30. The fraction of sp³-hybridized carbons (Fsp3) is 0.600. The van der Waals surface area contributed by atoms with E-state index < -0.39 is 0 Å². The van der Waals surface area contributed by atoms with E-state index in [4.69, 9.17) is 15.2 Å². The second-order valence-corrected chi connectivity index (χ2v) is 5.10. The fourth-order valence-corrected chi connectivity index (χ4v) is 2.45. The first-order valence-electron chi connectivity index (χ1n) is 6.91. The van der Waals surface area contributed by atoms with Crippen LogP contribution < -0.4 is 10.5 Å². The molecule has 1 aliphatic heterocycles. The number of hydrogen-bond donors (Lipinski definition) is 1. The maximum absolute atomic E-state index is 13.1. The molecule has 0 fully saturated rings. The molecule has 0 aromatic heterocycles. The largest absolute Gasteiger partial charge is 0.487 e. The van der Waals surface area contributed by atoms with Crippen molar-refractivity contribution in [3.8, 4) is 5.75 Å². The second-order valence-electron chi connectivity index (χ2n) is 5.10. The predicted octanol–water partition coefficient (Wildman–Crippen LogP) is 2.66. The number of nitrogens with two attached hydrogens (primary N) is 1. The topological polar surface area (TPSA) is 44.5 Å². The summed E-state index contributed by atoms with van der Waals surface area (Å²) in [6, 6.07) is 4.63. The van der Waals surface area contributed by atoms with E-state index in [0.29, 0.717) is 19.6 Å². The zero-order chi connectivity index (χ0) is 13.9. The molecular formula is C15H22FNO2. The Labute approximate surface area is 113 Å². The molecule has 1 aromatic rings. The molecule has 2 rings (SSSR count). The third kappa shape index (κ3) is 3.07. The third-order valence-electron chi connectivity index (χ3n) is 4.00. The van der Waals surface area contributed by atoms with Crippen LogP contribution >= 0.6 is 0 Å². The number of halogens is 1. The van der Waals surface area contributed by atoms with Gasteiger partial charge in [0.15, 0.2) is 0 Å². The van der Waals surface area contributed by atoms with Crippen LogP contribution in [0.4, 0.5) is 4.39 Å². The van der Waals surface area contributed by atoms with Crippen molar-refractivity contribution >= 4 is 0 Å². The highest BCUT2D eigenvalue weighted by atomic mass is 19.1. The van der Waals surface area contributed by atoms with Crippen LogP contribution in [0.15, 0.2) is 18.2 Å². The molecule has 0 saturated heterocycles. The fourth-order valence-electron chi connectivity index (χ4n) is 2.45. The summed E-state index contributed by atoms with van der Waals surface area (Å²) in [6.07, 6.45) is 2.42. The van der Waals surface area contributed by atoms with Crippen LogP contribution in [0.3, 0.4) is 0 Å². The van der Waals surface area contributed by atoms with Gasteiger partial charge < -0.3 is 15.2 Å². The first-order chi connectivity index (χ1) is 9.12. The van der Waals surface area contributed by atoms with Gasteiger partial charge in [-0.2, -0.15) is 0 Å². The molecule has 106 valence electrons. The van der Waals surface area contributed by atoms with E-state index in [-0.39, 0.29) is 17.5 Å². The Bertz CT molecular complexity index is 424. The summed E-state index contributed by atoms with van der Waals surface area (Å²) in [7, 11) is 0. The Balaban J connectivity index is 1.93. The zero-order valence-corrected chi connectivity index (χ0v) is 11.6. The highest BCUT2D eigenvalue weighted by Gasteiger charge is 2.29. The molecule has 0 bridgehead atoms. The molecule has 4 heteroatoms. The van der Waals surface area contributed by atoms with Gasteiger partial charge in [-0.15, -0.1) is 0 Å². The summed E-state index contributed by atoms with van der Waals surface area (Å²) < 4.78 is 24.9. The van der Waals surface area contributed by atoms with Gasteiger partial charge in [-0.25, -0.2) is 4.39 Å². The van der Waals surface area contributed by atoms with Crippen molar-refractivity contribution < 1.29 is 13.9 Å². The molecule has 3 nitrogen and oxygen atoms in total. The standard InChI is InChI=1S/C15H22FNO2/c1-3-15(4-2,10-17)18-9-13-8-11-7-12(16)5-6-14(11)19-13/h5-7,13H,3-4,8-10,17H2,1-2H3. The van der Waals surface area contributed by atoms with Crippen molar-refractivity contribution in [2.24, 2.45) is 5.73 Å². The molecule has 0 spiro atoms. The van der Waals surface area contributed by atoms with Gasteiger partial charge in [0, 0.05) is 18.5 Å². The Morgan fingerprint density at radius 2 is 2.16 bits per heavy atom. The maximum atomic E-state index is 13.1. The molecule has 0 amide bonds. The van der Waals surface area contributed by atoms with Crippen LogP contribution in [0.1, 0.15) is 32.3 Å². The first kappa shape index (κ1) is 14.3. The summed E-state index contributed by atoms with van der Waals surface area (Å²) in [5.41, 5.74) is 6.46. The quantitative estimate of drug-likeness (QED) is 0.861. The Morgan fingerprint density at radius 1 is 1.42 bits per heavy atom. The zero-order valence-electron chi connectivity index (χ0n) is 11.6. The lowest BCUT2D eigenvalue weighted by molar-refractivity contribution is -0.0701. The molecule has 1 aliphatic rings. The minimum absolute atomic E-state index is 0.0409. The average molecular weight is 267 g/mol. The van der Waals surface area contributed by atoms with Gasteiger partial charge in [-0.1, -0.05) is 13.8 Å². The van der Waals surface area contributed by atoms with Gasteiger partial charge in [0.2, 0.25) is 0 Å². The number of fused-ring (bicyclic) bond motifs is 1. The van der Waals surface area contributed by atoms with Gasteiger partial charge in [0.1, 0.15) is 17.7 Å². The number of rotatable bonds is 6. The molecular weight excluding hydrogens is 245 g/mol. The van der Waals surface area contributed by atoms with Crippen molar-refractivity contribution in [2.75, 3.05) is 13.2 Å². The third-order valence-corrected chi connectivity index (χ3v) is 4.00. The molecule has 0 aliphatic carbocycles. The normalized spacial score (nSPS) is 18.2. The monoisotopic (exact) mass is 267 g/mol. The van der Waals surface area contributed by atoms with Crippen molar-refractivity contribution in [3.05, 3.63) is 29.6 Å². The number of hydrogen-bond acceptors (Lipinski definition) is 3. The minimum atomic E-state index is -0.261. The van der Waals surface area contributed by atoms with E-state index >= 15 is 0 Å². The second kappa shape index (κ2) is 5.88. The minimum Gasteiger partial charge on any atom is -0.487 e. The van der Waals surface area contributed by atoms with Crippen molar-refractivity contribution in [3.63, 3.8) is 0 Å². The summed E-state index contributed by atoms with van der Waals surface area (Å²) in [6.45, 7) is 5.16. The molecule has 1 aromatic carbocycles. The summed E-state index contributed by atoms with van der Waals surface area (Å²) in [5.74, 6) is 0.545. The molecule has 1 heterocycles. The van der Waals surface area contributed by atoms with Crippen LogP contribution in [-0.4, -0.2) is 24.9 Å². The summed E-state index contributed by atoms with van der Waals surface area (Å²) in [5, 5.41) is 0. The lowest BCUT2D eigenvalue weighted by atomic mass is 9.97. The van der Waals surface area contributed by atoms with Crippen molar-refractivity contribution in [2.45, 2.75) is 44.8 Å². The van der Waals surface area contributed by atoms with E-state index in [1.54, 1.807) is 6.07 Å². The molecule has 19 heavy (non-hydrogen) atoms. The first-order valence-corrected chi connectivity index (χ1v) is 6.91. The molecule has 0 saturated carbocycles. The number of ether oxygens (including phenoxy) is 2. The van der Waals surface area contributed by atoms with Gasteiger partial charge >= 0.3 is 0 Å². The smallest absolute Gasteiger partial charge is 0.126 e. The van der Waals surface area contributed by atoms with E-state index in [0.717, 1.165) is 24.2 Å². The van der Waals surface area contributed by atoms with Crippen molar-refractivity contribution in [1.82, 2.24) is 0 Å². The molecule has 1 unspecified atom stereocenters. The van der Waals surface area contributed by atoms with Crippen molar-refractivity contribution in [1.29, 1.82) is 0 Å². The average Bonchev–Trinajstić information content (AvgIpc) is 2.83. The lowest BCUT2D eigenvalue weighted by Gasteiger charge is -2.31. The van der Waals surface area contributed by atoms with Crippen LogP contribution in [0.2, 0.25) is 0 Å². The maximum Gasteiger partial charge on any atom is 0.126 e. The Hall–Kier alpha value is -1.13. The van der Waals surface area contributed by atoms with E-state index in [1.165, 1.54) is 12.1 Å². The van der Waals surface area contributed by atoms with Crippen LogP contribution in [0.25, 0.3) is 0 Å². The molecule has 1 atom stereocenters. The Kier molecular flexibility index (Phi) is 4.42. The van der Waals surface area contributed by atoms with Gasteiger partial charge in [0.25, 0.3) is 0 Å². The molecule has 0 radical (unpaired) electrons. The van der Waals surface area contributed by atoms with E-state index in [9.17, 15) is 4.39 Å². The van der Waals surface area contributed by atoms with Gasteiger partial charge in [-0.05, 0) is 31.0 Å². The van der Waals surface area contributed by atoms with Gasteiger partial charge in [0.05, 0.1) is 12.2 Å². The predicted molar refractivity (Wildman–Crippen MR) is 72.8 cm³/mol. The number of benzene rings is 1.